The zero-order valence-electron chi connectivity index (χ0n) is 12.3. The molecular weight excluding hydrogens is 246 g/mol. The van der Waals surface area contributed by atoms with Gasteiger partial charge < -0.3 is 10.1 Å². The SMILES string of the molecule is CCNCC(CC)Oc1ccccc1-c1ccccc1. The molecule has 0 saturated heterocycles. The Hall–Kier alpha value is -1.80. The summed E-state index contributed by atoms with van der Waals surface area (Å²) in [4.78, 5) is 0. The fraction of sp³-hybridized carbons (Fsp3) is 0.333. The van der Waals surface area contributed by atoms with Crippen molar-refractivity contribution in [2.45, 2.75) is 26.4 Å². The van der Waals surface area contributed by atoms with Crippen LogP contribution in [0.2, 0.25) is 0 Å². The van der Waals surface area contributed by atoms with Gasteiger partial charge in [-0.3, -0.25) is 0 Å². The highest BCUT2D eigenvalue weighted by Gasteiger charge is 2.11. The van der Waals surface area contributed by atoms with Gasteiger partial charge in [-0.2, -0.15) is 0 Å². The molecule has 0 bridgehead atoms. The van der Waals surface area contributed by atoms with Crippen molar-refractivity contribution >= 4 is 0 Å². The van der Waals surface area contributed by atoms with Gasteiger partial charge in [0.25, 0.3) is 0 Å². The molecule has 106 valence electrons. The lowest BCUT2D eigenvalue weighted by molar-refractivity contribution is 0.195. The van der Waals surface area contributed by atoms with Crippen LogP contribution in [0.4, 0.5) is 0 Å². The van der Waals surface area contributed by atoms with Gasteiger partial charge in [-0.15, -0.1) is 0 Å². The summed E-state index contributed by atoms with van der Waals surface area (Å²) in [7, 11) is 0. The van der Waals surface area contributed by atoms with Crippen molar-refractivity contribution in [3.63, 3.8) is 0 Å². The number of hydrogen-bond acceptors (Lipinski definition) is 2. The van der Waals surface area contributed by atoms with E-state index in [9.17, 15) is 0 Å². The summed E-state index contributed by atoms with van der Waals surface area (Å²) in [5.74, 6) is 0.962. The predicted octanol–water partition coefficient (Wildman–Crippen LogP) is 4.12. The molecule has 20 heavy (non-hydrogen) atoms. The number of rotatable bonds is 7. The summed E-state index contributed by atoms with van der Waals surface area (Å²) in [5, 5.41) is 3.35. The van der Waals surface area contributed by atoms with Gasteiger partial charge in [0.1, 0.15) is 11.9 Å². The average Bonchev–Trinajstić information content (AvgIpc) is 2.52. The van der Waals surface area contributed by atoms with Gasteiger partial charge in [0.15, 0.2) is 0 Å². The fourth-order valence-electron chi connectivity index (χ4n) is 2.18. The molecule has 0 aliphatic carbocycles. The van der Waals surface area contributed by atoms with E-state index in [1.807, 2.05) is 12.1 Å². The van der Waals surface area contributed by atoms with Crippen LogP contribution in [-0.2, 0) is 0 Å². The minimum absolute atomic E-state index is 0.208. The van der Waals surface area contributed by atoms with Gasteiger partial charge in [0.05, 0.1) is 0 Å². The van der Waals surface area contributed by atoms with Crippen molar-refractivity contribution in [1.82, 2.24) is 5.32 Å². The largest absolute Gasteiger partial charge is 0.488 e. The topological polar surface area (TPSA) is 21.3 Å². The lowest BCUT2D eigenvalue weighted by Gasteiger charge is -2.20. The molecule has 0 amide bonds. The van der Waals surface area contributed by atoms with Gasteiger partial charge in [-0.05, 0) is 24.6 Å². The lowest BCUT2D eigenvalue weighted by atomic mass is 10.0. The molecule has 0 aromatic heterocycles. The number of ether oxygens (including phenoxy) is 1. The van der Waals surface area contributed by atoms with E-state index in [1.54, 1.807) is 0 Å². The summed E-state index contributed by atoms with van der Waals surface area (Å²) in [6.45, 7) is 6.13. The predicted molar refractivity (Wildman–Crippen MR) is 85.1 cm³/mol. The molecule has 0 spiro atoms. The van der Waals surface area contributed by atoms with E-state index in [1.165, 1.54) is 5.56 Å². The highest BCUT2D eigenvalue weighted by atomic mass is 16.5. The summed E-state index contributed by atoms with van der Waals surface area (Å²) in [5.41, 5.74) is 2.35. The third-order valence-electron chi connectivity index (χ3n) is 3.34. The van der Waals surface area contributed by atoms with Crippen LogP contribution in [0.1, 0.15) is 20.3 Å². The van der Waals surface area contributed by atoms with Gasteiger partial charge in [-0.25, -0.2) is 0 Å². The van der Waals surface area contributed by atoms with Crippen LogP contribution >= 0.6 is 0 Å². The van der Waals surface area contributed by atoms with Crippen molar-refractivity contribution in [3.05, 3.63) is 54.6 Å². The van der Waals surface area contributed by atoms with E-state index in [0.717, 1.165) is 30.8 Å². The molecule has 2 aromatic carbocycles. The molecule has 1 N–H and O–H groups in total. The molecule has 2 aromatic rings. The quantitative estimate of drug-likeness (QED) is 0.816. The Balaban J connectivity index is 2.19. The van der Waals surface area contributed by atoms with Crippen LogP contribution in [0.25, 0.3) is 11.1 Å². The van der Waals surface area contributed by atoms with Crippen LogP contribution in [0.5, 0.6) is 5.75 Å². The highest BCUT2D eigenvalue weighted by Crippen LogP contribution is 2.30. The summed E-state index contributed by atoms with van der Waals surface area (Å²) in [6.07, 6.45) is 1.20. The molecular formula is C18H23NO. The molecule has 0 radical (unpaired) electrons. The zero-order valence-corrected chi connectivity index (χ0v) is 12.3. The highest BCUT2D eigenvalue weighted by molar-refractivity contribution is 5.70. The standard InChI is InChI=1S/C18H23NO/c1-3-16(14-19-4-2)20-18-13-9-8-12-17(18)15-10-6-5-7-11-15/h5-13,16,19H,3-4,14H2,1-2H3. The Morgan fingerprint density at radius 2 is 1.65 bits per heavy atom. The molecule has 0 heterocycles. The van der Waals surface area contributed by atoms with Crippen LogP contribution in [0.15, 0.2) is 54.6 Å². The maximum absolute atomic E-state index is 6.19. The fourth-order valence-corrected chi connectivity index (χ4v) is 2.18. The first-order chi connectivity index (χ1) is 9.85. The van der Waals surface area contributed by atoms with Gasteiger partial charge in [0.2, 0.25) is 0 Å². The van der Waals surface area contributed by atoms with Crippen molar-refractivity contribution in [1.29, 1.82) is 0 Å². The maximum atomic E-state index is 6.19. The molecule has 0 saturated carbocycles. The van der Waals surface area contributed by atoms with E-state index in [0.29, 0.717) is 0 Å². The summed E-state index contributed by atoms with van der Waals surface area (Å²) in [6, 6.07) is 18.6. The van der Waals surface area contributed by atoms with Crippen molar-refractivity contribution in [2.75, 3.05) is 13.1 Å². The van der Waals surface area contributed by atoms with E-state index in [2.05, 4.69) is 61.6 Å². The van der Waals surface area contributed by atoms with Gasteiger partial charge >= 0.3 is 0 Å². The van der Waals surface area contributed by atoms with E-state index in [4.69, 9.17) is 4.74 Å². The summed E-state index contributed by atoms with van der Waals surface area (Å²) >= 11 is 0. The second-order valence-corrected chi connectivity index (χ2v) is 4.82. The Labute approximate surface area is 121 Å². The molecule has 1 unspecified atom stereocenters. The van der Waals surface area contributed by atoms with Crippen LogP contribution in [0, 0.1) is 0 Å². The number of benzene rings is 2. The Bertz CT molecular complexity index is 510. The lowest BCUT2D eigenvalue weighted by Crippen LogP contribution is -2.30. The molecule has 2 nitrogen and oxygen atoms in total. The van der Waals surface area contributed by atoms with Crippen LogP contribution < -0.4 is 10.1 Å². The molecule has 0 fully saturated rings. The van der Waals surface area contributed by atoms with Crippen LogP contribution in [-0.4, -0.2) is 19.2 Å². The number of hydrogen-bond donors (Lipinski definition) is 1. The van der Waals surface area contributed by atoms with Crippen molar-refractivity contribution in [3.8, 4) is 16.9 Å². The number of para-hydroxylation sites is 1. The average molecular weight is 269 g/mol. The second kappa shape index (κ2) is 7.71. The number of nitrogens with one attached hydrogen (secondary N) is 1. The minimum Gasteiger partial charge on any atom is -0.488 e. The zero-order chi connectivity index (χ0) is 14.2. The van der Waals surface area contributed by atoms with Gasteiger partial charge in [-0.1, -0.05) is 62.4 Å². The first-order valence-electron chi connectivity index (χ1n) is 7.37. The normalized spacial score (nSPS) is 12.1. The minimum atomic E-state index is 0.208. The van der Waals surface area contributed by atoms with Gasteiger partial charge in [0, 0.05) is 12.1 Å². The number of likely N-dealkylation sites (N-methyl/N-ethyl adjacent to an activating group) is 1. The van der Waals surface area contributed by atoms with Crippen LogP contribution in [0.3, 0.4) is 0 Å². The molecule has 0 aliphatic heterocycles. The molecule has 1 atom stereocenters. The first-order valence-corrected chi connectivity index (χ1v) is 7.37. The summed E-state index contributed by atoms with van der Waals surface area (Å²) < 4.78 is 6.19. The van der Waals surface area contributed by atoms with E-state index in [-0.39, 0.29) is 6.10 Å². The third kappa shape index (κ3) is 3.84. The molecule has 0 aliphatic rings. The first kappa shape index (κ1) is 14.6. The molecule has 2 rings (SSSR count). The van der Waals surface area contributed by atoms with E-state index < -0.39 is 0 Å². The Kier molecular flexibility index (Phi) is 5.63. The van der Waals surface area contributed by atoms with Crippen molar-refractivity contribution in [2.24, 2.45) is 0 Å². The van der Waals surface area contributed by atoms with Crippen molar-refractivity contribution < 1.29 is 4.74 Å². The third-order valence-corrected chi connectivity index (χ3v) is 3.34. The van der Waals surface area contributed by atoms with E-state index >= 15 is 0 Å². The second-order valence-electron chi connectivity index (χ2n) is 4.82. The maximum Gasteiger partial charge on any atom is 0.127 e. The Morgan fingerprint density at radius 3 is 2.35 bits per heavy atom. The molecule has 2 heteroatoms. The smallest absolute Gasteiger partial charge is 0.127 e. The monoisotopic (exact) mass is 269 g/mol. The Morgan fingerprint density at radius 1 is 0.950 bits per heavy atom.